The van der Waals surface area contributed by atoms with Crippen molar-refractivity contribution in [3.05, 3.63) is 23.8 Å². The van der Waals surface area contributed by atoms with Crippen molar-refractivity contribution in [2.24, 2.45) is 5.73 Å². The van der Waals surface area contributed by atoms with E-state index in [1.165, 1.54) is 0 Å². The van der Waals surface area contributed by atoms with Crippen molar-refractivity contribution in [2.75, 3.05) is 29.5 Å². The van der Waals surface area contributed by atoms with Gasteiger partial charge in [0.05, 0.1) is 17.9 Å². The Morgan fingerprint density at radius 2 is 1.59 bits per heavy atom. The van der Waals surface area contributed by atoms with Gasteiger partial charge in [-0.3, -0.25) is 14.6 Å². The van der Waals surface area contributed by atoms with Gasteiger partial charge in [-0.1, -0.05) is 0 Å². The van der Waals surface area contributed by atoms with Crippen molar-refractivity contribution in [3.63, 3.8) is 0 Å². The topological polar surface area (TPSA) is 75.9 Å². The first-order chi connectivity index (χ1) is 12.7. The predicted molar refractivity (Wildman–Crippen MR) is 84.7 cm³/mol. The van der Waals surface area contributed by atoms with E-state index >= 15 is 0 Å². The van der Waals surface area contributed by atoms with Crippen LogP contribution in [0.25, 0.3) is 0 Å². The quantitative estimate of drug-likeness (QED) is 0.693. The SMILES string of the molecule is Cl.N[C@H]1CN(C(=O)OCC(F)(F)F)c2cc(F)c(F)cc2N(CC(F)(F)F)C1=O. The first kappa shape index (κ1) is 24.7. The number of hydrogen-bond donors (Lipinski definition) is 1. The lowest BCUT2D eigenvalue weighted by molar-refractivity contribution is -0.159. The molecule has 1 aliphatic rings. The summed E-state index contributed by atoms with van der Waals surface area (Å²) in [6.07, 6.45) is -11.7. The molecule has 164 valence electrons. The van der Waals surface area contributed by atoms with Gasteiger partial charge in [-0.15, -0.1) is 12.4 Å². The van der Waals surface area contributed by atoms with Gasteiger partial charge in [0.25, 0.3) is 0 Å². The third kappa shape index (κ3) is 6.06. The van der Waals surface area contributed by atoms with Gasteiger partial charge in [0.2, 0.25) is 5.91 Å². The number of carbonyl (C=O) groups is 2. The molecule has 0 radical (unpaired) electrons. The van der Waals surface area contributed by atoms with Crippen LogP contribution in [0.1, 0.15) is 0 Å². The number of alkyl halides is 6. The molecule has 15 heteroatoms. The van der Waals surface area contributed by atoms with Gasteiger partial charge in [-0.25, -0.2) is 13.6 Å². The van der Waals surface area contributed by atoms with Gasteiger partial charge < -0.3 is 10.5 Å². The third-order valence-corrected chi connectivity index (χ3v) is 3.48. The van der Waals surface area contributed by atoms with E-state index in [0.29, 0.717) is 0 Å². The zero-order valence-electron chi connectivity index (χ0n) is 14.0. The molecule has 0 saturated carbocycles. The normalized spacial score (nSPS) is 17.4. The molecule has 0 bridgehead atoms. The second kappa shape index (κ2) is 8.57. The van der Waals surface area contributed by atoms with E-state index < -0.39 is 73.1 Å². The summed E-state index contributed by atoms with van der Waals surface area (Å²) in [5.74, 6) is -4.68. The van der Waals surface area contributed by atoms with Crippen molar-refractivity contribution >= 4 is 35.8 Å². The Bertz CT molecular complexity index is 787. The van der Waals surface area contributed by atoms with Crippen LogP contribution in [0.4, 0.5) is 51.3 Å². The molecule has 29 heavy (non-hydrogen) atoms. The molecule has 0 unspecified atom stereocenters. The highest BCUT2D eigenvalue weighted by molar-refractivity contribution is 6.05. The molecule has 0 spiro atoms. The molecule has 1 heterocycles. The second-order valence-corrected chi connectivity index (χ2v) is 5.68. The Kier molecular flexibility index (Phi) is 7.29. The molecule has 0 aromatic heterocycles. The fraction of sp³-hybridized carbons (Fsp3) is 0.429. The van der Waals surface area contributed by atoms with Crippen LogP contribution in [-0.4, -0.2) is 50.1 Å². The standard InChI is InChI=1S/C14H11F8N3O3.ClH/c15-6-1-9-10(2-7(6)16)25(4-13(17,18)19)11(26)8(23)3-24(9)12(27)28-5-14(20,21)22;/h1-2,8H,3-5,23H2;1H/t8-;/m0./s1. The lowest BCUT2D eigenvalue weighted by atomic mass is 10.2. The van der Waals surface area contributed by atoms with Gasteiger partial charge in [0, 0.05) is 12.1 Å². The van der Waals surface area contributed by atoms with Gasteiger partial charge >= 0.3 is 18.4 Å². The van der Waals surface area contributed by atoms with E-state index in [1.807, 2.05) is 0 Å². The van der Waals surface area contributed by atoms with Crippen LogP contribution in [0, 0.1) is 11.6 Å². The summed E-state index contributed by atoms with van der Waals surface area (Å²) in [6, 6.07) is -1.37. The highest BCUT2D eigenvalue weighted by atomic mass is 35.5. The van der Waals surface area contributed by atoms with Crippen LogP contribution in [0.2, 0.25) is 0 Å². The number of carbonyl (C=O) groups excluding carboxylic acids is 2. The zero-order valence-corrected chi connectivity index (χ0v) is 14.8. The maximum atomic E-state index is 13.6. The number of halogens is 9. The van der Waals surface area contributed by atoms with E-state index in [9.17, 15) is 44.7 Å². The highest BCUT2D eigenvalue weighted by Crippen LogP contribution is 2.37. The Balaban J connectivity index is 0.00000420. The summed E-state index contributed by atoms with van der Waals surface area (Å²) in [4.78, 5) is 24.4. The average Bonchev–Trinajstić information content (AvgIpc) is 2.63. The third-order valence-electron chi connectivity index (χ3n) is 3.48. The number of amides is 2. The van der Waals surface area contributed by atoms with Crippen molar-refractivity contribution in [2.45, 2.75) is 18.4 Å². The average molecular weight is 458 g/mol. The van der Waals surface area contributed by atoms with Crippen molar-refractivity contribution in [1.29, 1.82) is 0 Å². The monoisotopic (exact) mass is 457 g/mol. The molecule has 2 N–H and O–H groups in total. The summed E-state index contributed by atoms with van der Waals surface area (Å²) in [5.41, 5.74) is 3.72. The summed E-state index contributed by atoms with van der Waals surface area (Å²) in [6.45, 7) is -4.94. The minimum absolute atomic E-state index is 0. The van der Waals surface area contributed by atoms with Crippen molar-refractivity contribution < 1.29 is 49.4 Å². The Morgan fingerprint density at radius 3 is 2.07 bits per heavy atom. The molecule has 1 aromatic carbocycles. The van der Waals surface area contributed by atoms with Crippen LogP contribution in [0.5, 0.6) is 0 Å². The fourth-order valence-corrected chi connectivity index (χ4v) is 2.39. The summed E-state index contributed by atoms with van der Waals surface area (Å²) in [5, 5.41) is 0. The maximum Gasteiger partial charge on any atom is 0.422 e. The van der Waals surface area contributed by atoms with E-state index in [1.54, 1.807) is 0 Å². The molecule has 1 aliphatic heterocycles. The van der Waals surface area contributed by atoms with Gasteiger partial charge in [-0.05, 0) is 0 Å². The van der Waals surface area contributed by atoms with Crippen LogP contribution in [-0.2, 0) is 9.53 Å². The second-order valence-electron chi connectivity index (χ2n) is 5.68. The van der Waals surface area contributed by atoms with Crippen LogP contribution in [0.15, 0.2) is 12.1 Å². The van der Waals surface area contributed by atoms with E-state index in [2.05, 4.69) is 4.74 Å². The molecule has 0 fully saturated rings. The minimum atomic E-state index is -4.98. The Hall–Kier alpha value is -2.35. The lowest BCUT2D eigenvalue weighted by Gasteiger charge is -2.26. The predicted octanol–water partition coefficient (Wildman–Crippen LogP) is 3.13. The molecular formula is C14H12ClF8N3O3. The summed E-state index contributed by atoms with van der Waals surface area (Å²) < 4.78 is 106. The molecule has 1 atom stereocenters. The number of fused-ring (bicyclic) bond motifs is 1. The van der Waals surface area contributed by atoms with Crippen LogP contribution >= 0.6 is 12.4 Å². The molecule has 2 amide bonds. The van der Waals surface area contributed by atoms with Gasteiger partial charge in [0.15, 0.2) is 18.2 Å². The number of hydrogen-bond acceptors (Lipinski definition) is 4. The largest absolute Gasteiger partial charge is 0.439 e. The number of anilines is 2. The van der Waals surface area contributed by atoms with E-state index in [4.69, 9.17) is 5.73 Å². The lowest BCUT2D eigenvalue weighted by Crippen LogP contribution is -2.50. The molecule has 0 saturated heterocycles. The number of nitrogens with zero attached hydrogens (tertiary/aromatic N) is 2. The highest BCUT2D eigenvalue weighted by Gasteiger charge is 2.42. The van der Waals surface area contributed by atoms with Crippen LogP contribution in [0.3, 0.4) is 0 Å². The maximum absolute atomic E-state index is 13.6. The van der Waals surface area contributed by atoms with Crippen molar-refractivity contribution in [1.82, 2.24) is 0 Å². The molecule has 1 aromatic rings. The number of benzene rings is 1. The number of rotatable bonds is 2. The molecule has 6 nitrogen and oxygen atoms in total. The number of ether oxygens (including phenoxy) is 1. The first-order valence-corrected chi connectivity index (χ1v) is 7.33. The van der Waals surface area contributed by atoms with Crippen molar-refractivity contribution in [3.8, 4) is 0 Å². The summed E-state index contributed by atoms with van der Waals surface area (Å²) in [7, 11) is 0. The number of nitrogens with two attached hydrogens (primary N) is 1. The molecule has 2 rings (SSSR count). The molecule has 0 aliphatic carbocycles. The van der Waals surface area contributed by atoms with E-state index in [-0.39, 0.29) is 34.3 Å². The fourth-order valence-electron chi connectivity index (χ4n) is 2.39. The Labute approximate surface area is 163 Å². The smallest absolute Gasteiger partial charge is 0.422 e. The first-order valence-electron chi connectivity index (χ1n) is 7.33. The zero-order chi connectivity index (χ0) is 21.4. The Morgan fingerprint density at radius 1 is 1.07 bits per heavy atom. The minimum Gasteiger partial charge on any atom is -0.439 e. The van der Waals surface area contributed by atoms with Gasteiger partial charge in [-0.2, -0.15) is 26.3 Å². The van der Waals surface area contributed by atoms with Crippen LogP contribution < -0.4 is 15.5 Å². The van der Waals surface area contributed by atoms with Gasteiger partial charge in [0.1, 0.15) is 12.6 Å². The van der Waals surface area contributed by atoms with E-state index in [0.717, 1.165) is 0 Å². The summed E-state index contributed by atoms with van der Waals surface area (Å²) >= 11 is 0. The molecular weight excluding hydrogens is 446 g/mol.